The lowest BCUT2D eigenvalue weighted by molar-refractivity contribution is -0.133. The van der Waals surface area contributed by atoms with Crippen molar-refractivity contribution in [2.45, 2.75) is 32.7 Å². The van der Waals surface area contributed by atoms with Crippen LogP contribution in [-0.2, 0) is 17.8 Å². The Labute approximate surface area is 169 Å². The van der Waals surface area contributed by atoms with Crippen molar-refractivity contribution in [1.29, 1.82) is 0 Å². The average molecular weight is 385 g/mol. The van der Waals surface area contributed by atoms with Gasteiger partial charge < -0.3 is 4.90 Å². The van der Waals surface area contributed by atoms with E-state index in [0.717, 1.165) is 41.4 Å². The van der Waals surface area contributed by atoms with Gasteiger partial charge in [0, 0.05) is 30.0 Å². The summed E-state index contributed by atoms with van der Waals surface area (Å²) < 4.78 is 1.78. The van der Waals surface area contributed by atoms with Crippen molar-refractivity contribution in [2.24, 2.45) is 5.92 Å². The predicted molar refractivity (Wildman–Crippen MR) is 111 cm³/mol. The summed E-state index contributed by atoms with van der Waals surface area (Å²) in [6.45, 7) is 3.29. The van der Waals surface area contributed by atoms with Gasteiger partial charge in [-0.1, -0.05) is 42.0 Å². The molecule has 0 bridgehead atoms. The van der Waals surface area contributed by atoms with Crippen molar-refractivity contribution in [1.82, 2.24) is 24.9 Å². The van der Waals surface area contributed by atoms with Gasteiger partial charge in [0.1, 0.15) is 0 Å². The van der Waals surface area contributed by atoms with Gasteiger partial charge in [0.25, 0.3) is 0 Å². The van der Waals surface area contributed by atoms with Gasteiger partial charge in [-0.25, -0.2) is 0 Å². The molecule has 0 aliphatic heterocycles. The minimum absolute atomic E-state index is 0.181. The Morgan fingerprint density at radius 2 is 1.97 bits per heavy atom. The molecule has 0 saturated heterocycles. The summed E-state index contributed by atoms with van der Waals surface area (Å²) in [6.07, 6.45) is 2.84. The van der Waals surface area contributed by atoms with E-state index in [-0.39, 0.29) is 11.8 Å². The third-order valence-electron chi connectivity index (χ3n) is 5.61. The van der Waals surface area contributed by atoms with E-state index in [2.05, 4.69) is 52.8 Å². The maximum Gasteiger partial charge on any atom is 0.225 e. The van der Waals surface area contributed by atoms with Gasteiger partial charge in [-0.05, 0) is 60.4 Å². The van der Waals surface area contributed by atoms with Gasteiger partial charge >= 0.3 is 0 Å². The fourth-order valence-electron chi connectivity index (χ4n) is 3.87. The first-order valence-corrected chi connectivity index (χ1v) is 10.1. The number of carbonyl (C=O) groups is 1. The molecule has 146 valence electrons. The number of aromatic nitrogens is 4. The van der Waals surface area contributed by atoms with Crippen LogP contribution in [0.4, 0.5) is 0 Å². The fourth-order valence-corrected chi connectivity index (χ4v) is 3.87. The molecule has 0 spiro atoms. The van der Waals surface area contributed by atoms with Crippen LogP contribution in [-0.4, -0.2) is 37.4 Å². The highest BCUT2D eigenvalue weighted by molar-refractivity contribution is 5.84. The topological polar surface area (TPSA) is 63.4 Å². The molecule has 6 heteroatoms. The lowest BCUT2D eigenvalue weighted by atomic mass is 10.1. The zero-order valence-electron chi connectivity index (χ0n) is 16.5. The summed E-state index contributed by atoms with van der Waals surface area (Å²) in [4.78, 5) is 15.0. The van der Waals surface area contributed by atoms with E-state index in [0.29, 0.717) is 13.1 Å². The molecule has 2 heterocycles. The smallest absolute Gasteiger partial charge is 0.225 e. The molecule has 0 N–H and O–H groups in total. The molecule has 5 rings (SSSR count). The van der Waals surface area contributed by atoms with Gasteiger partial charge in [-0.3, -0.25) is 4.79 Å². The number of tetrazole rings is 1. The largest absolute Gasteiger partial charge is 0.338 e. The standard InChI is InChI=1S/C23H23N5O/c1-16-7-10-21-19(13-16)14-20(22-24-25-26-28(21)22)15-27(23(29)18-8-9-18)12-11-17-5-3-2-4-6-17/h2-7,10,13-14,18H,8-9,11-12,15H2,1H3. The highest BCUT2D eigenvalue weighted by Crippen LogP contribution is 2.32. The maximum atomic E-state index is 13.0. The van der Waals surface area contributed by atoms with Crippen molar-refractivity contribution in [3.63, 3.8) is 0 Å². The Bertz CT molecular complexity index is 1180. The van der Waals surface area contributed by atoms with E-state index < -0.39 is 0 Å². The quantitative estimate of drug-likeness (QED) is 0.509. The lowest BCUT2D eigenvalue weighted by Crippen LogP contribution is -2.33. The zero-order valence-corrected chi connectivity index (χ0v) is 16.5. The van der Waals surface area contributed by atoms with Gasteiger partial charge in [0.05, 0.1) is 5.52 Å². The van der Waals surface area contributed by atoms with Crippen LogP contribution in [0.1, 0.15) is 29.5 Å². The monoisotopic (exact) mass is 385 g/mol. The maximum absolute atomic E-state index is 13.0. The Balaban J connectivity index is 1.49. The van der Waals surface area contributed by atoms with Crippen LogP contribution in [0.2, 0.25) is 0 Å². The van der Waals surface area contributed by atoms with Crippen LogP contribution in [0.5, 0.6) is 0 Å². The molecule has 1 fully saturated rings. The number of benzene rings is 2. The fraction of sp³-hybridized carbons (Fsp3) is 0.304. The predicted octanol–water partition coefficient (Wildman–Crippen LogP) is 3.57. The number of hydrogen-bond donors (Lipinski definition) is 0. The van der Waals surface area contributed by atoms with Crippen LogP contribution in [0.15, 0.2) is 54.6 Å². The Morgan fingerprint density at radius 3 is 2.76 bits per heavy atom. The zero-order chi connectivity index (χ0) is 19.8. The molecule has 0 atom stereocenters. The van der Waals surface area contributed by atoms with Crippen molar-refractivity contribution < 1.29 is 4.79 Å². The molecule has 2 aromatic carbocycles. The highest BCUT2D eigenvalue weighted by Gasteiger charge is 2.33. The second-order valence-electron chi connectivity index (χ2n) is 7.92. The molecule has 0 radical (unpaired) electrons. The summed E-state index contributed by atoms with van der Waals surface area (Å²) in [5, 5.41) is 13.4. The molecule has 6 nitrogen and oxygen atoms in total. The van der Waals surface area contributed by atoms with E-state index in [1.807, 2.05) is 29.2 Å². The SMILES string of the molecule is Cc1ccc2c(c1)cc(CN(CCc1ccccc1)C(=O)C1CC1)c1nnnn12. The molecule has 4 aromatic rings. The molecule has 0 unspecified atom stereocenters. The molecule has 1 aliphatic carbocycles. The molecular weight excluding hydrogens is 362 g/mol. The van der Waals surface area contributed by atoms with E-state index in [1.165, 1.54) is 11.1 Å². The van der Waals surface area contributed by atoms with E-state index in [1.54, 1.807) is 4.52 Å². The first kappa shape index (κ1) is 17.8. The van der Waals surface area contributed by atoms with Crippen molar-refractivity contribution >= 4 is 22.5 Å². The first-order valence-electron chi connectivity index (χ1n) is 10.1. The molecular formula is C23H23N5O. The molecule has 1 amide bonds. The summed E-state index contributed by atoms with van der Waals surface area (Å²) in [5.41, 5.74) is 5.10. The molecule has 1 aliphatic rings. The molecule has 2 aromatic heterocycles. The van der Waals surface area contributed by atoms with E-state index >= 15 is 0 Å². The Kier molecular flexibility index (Phi) is 4.46. The second-order valence-corrected chi connectivity index (χ2v) is 7.92. The number of hydrogen-bond acceptors (Lipinski definition) is 4. The third kappa shape index (κ3) is 3.58. The van der Waals surface area contributed by atoms with Crippen LogP contribution >= 0.6 is 0 Å². The number of aryl methyl sites for hydroxylation is 1. The summed E-state index contributed by atoms with van der Waals surface area (Å²) in [6, 6.07) is 18.7. The summed E-state index contributed by atoms with van der Waals surface area (Å²) >= 11 is 0. The number of pyridine rings is 1. The highest BCUT2D eigenvalue weighted by atomic mass is 16.2. The Morgan fingerprint density at radius 1 is 1.14 bits per heavy atom. The number of amides is 1. The van der Waals surface area contributed by atoms with Gasteiger partial charge in [0.2, 0.25) is 5.91 Å². The number of carbonyl (C=O) groups excluding carboxylic acids is 1. The first-order chi connectivity index (χ1) is 14.2. The van der Waals surface area contributed by atoms with Crippen LogP contribution in [0.25, 0.3) is 16.6 Å². The number of nitrogens with zero attached hydrogens (tertiary/aromatic N) is 5. The van der Waals surface area contributed by atoms with Crippen LogP contribution in [0.3, 0.4) is 0 Å². The van der Waals surface area contributed by atoms with Crippen LogP contribution in [0, 0.1) is 12.8 Å². The lowest BCUT2D eigenvalue weighted by Gasteiger charge is -2.23. The van der Waals surface area contributed by atoms with Crippen molar-refractivity contribution in [2.75, 3.05) is 6.54 Å². The van der Waals surface area contributed by atoms with Crippen molar-refractivity contribution in [3.05, 3.63) is 71.3 Å². The Hall–Kier alpha value is -3.28. The average Bonchev–Trinajstić information content (AvgIpc) is 3.47. The minimum Gasteiger partial charge on any atom is -0.338 e. The second kappa shape index (κ2) is 7.28. The molecule has 29 heavy (non-hydrogen) atoms. The molecule has 1 saturated carbocycles. The summed E-state index contributed by atoms with van der Waals surface area (Å²) in [7, 11) is 0. The summed E-state index contributed by atoms with van der Waals surface area (Å²) in [5.74, 6) is 0.427. The number of fused-ring (bicyclic) bond motifs is 3. The van der Waals surface area contributed by atoms with Gasteiger partial charge in [-0.2, -0.15) is 4.52 Å². The normalized spacial score (nSPS) is 13.8. The number of rotatable bonds is 6. The van der Waals surface area contributed by atoms with Crippen molar-refractivity contribution in [3.8, 4) is 0 Å². The minimum atomic E-state index is 0.181. The third-order valence-corrected chi connectivity index (χ3v) is 5.61. The van der Waals surface area contributed by atoms with E-state index in [4.69, 9.17) is 0 Å². The van der Waals surface area contributed by atoms with Gasteiger partial charge in [0.15, 0.2) is 5.65 Å². The van der Waals surface area contributed by atoms with Crippen LogP contribution < -0.4 is 0 Å². The van der Waals surface area contributed by atoms with E-state index in [9.17, 15) is 4.79 Å². The van der Waals surface area contributed by atoms with Gasteiger partial charge in [-0.15, -0.1) is 5.10 Å².